The van der Waals surface area contributed by atoms with Gasteiger partial charge in [0.25, 0.3) is 5.91 Å². The van der Waals surface area contributed by atoms with E-state index in [0.29, 0.717) is 6.54 Å². The topological polar surface area (TPSA) is 46.3 Å². The van der Waals surface area contributed by atoms with Gasteiger partial charge in [-0.1, -0.05) is 5.57 Å². The number of carbonyl (C=O) groups excluding carboxylic acids is 1. The Morgan fingerprint density at radius 2 is 2.44 bits per heavy atom. The SMILES string of the molecule is CC1=CC(=O)N(N)CC1. The van der Waals surface area contributed by atoms with E-state index in [4.69, 9.17) is 5.84 Å². The van der Waals surface area contributed by atoms with Gasteiger partial charge >= 0.3 is 0 Å². The fourth-order valence-corrected chi connectivity index (χ4v) is 0.773. The predicted octanol–water partition coefficient (Wildman–Crippen LogP) is 0.0387. The fourth-order valence-electron chi connectivity index (χ4n) is 0.773. The number of hydrazine groups is 1. The second kappa shape index (κ2) is 2.19. The third-order valence-corrected chi connectivity index (χ3v) is 1.40. The van der Waals surface area contributed by atoms with E-state index in [9.17, 15) is 4.79 Å². The zero-order chi connectivity index (χ0) is 6.85. The van der Waals surface area contributed by atoms with Crippen molar-refractivity contribution in [1.29, 1.82) is 0 Å². The number of nitrogens with two attached hydrogens (primary N) is 1. The summed E-state index contributed by atoms with van der Waals surface area (Å²) in [6.07, 6.45) is 2.48. The summed E-state index contributed by atoms with van der Waals surface area (Å²) in [6, 6.07) is 0. The largest absolute Gasteiger partial charge is 0.277 e. The van der Waals surface area contributed by atoms with Crippen LogP contribution in [0.25, 0.3) is 0 Å². The summed E-state index contributed by atoms with van der Waals surface area (Å²) < 4.78 is 0. The van der Waals surface area contributed by atoms with E-state index >= 15 is 0 Å². The van der Waals surface area contributed by atoms with Gasteiger partial charge in [0.05, 0.1) is 0 Å². The van der Waals surface area contributed by atoms with Crippen LogP contribution in [0.4, 0.5) is 0 Å². The number of hydrogen-bond donors (Lipinski definition) is 1. The minimum absolute atomic E-state index is 0.0845. The second-order valence-electron chi connectivity index (χ2n) is 2.27. The van der Waals surface area contributed by atoms with Gasteiger partial charge in [-0.3, -0.25) is 9.80 Å². The lowest BCUT2D eigenvalue weighted by molar-refractivity contribution is -0.126. The van der Waals surface area contributed by atoms with E-state index < -0.39 is 0 Å². The van der Waals surface area contributed by atoms with Crippen molar-refractivity contribution in [2.45, 2.75) is 13.3 Å². The minimum atomic E-state index is -0.0845. The molecule has 1 heterocycles. The first-order valence-electron chi connectivity index (χ1n) is 2.93. The molecule has 0 fully saturated rings. The summed E-state index contributed by atoms with van der Waals surface area (Å²) in [5.74, 6) is 5.20. The van der Waals surface area contributed by atoms with Crippen molar-refractivity contribution in [3.8, 4) is 0 Å². The molecule has 0 spiro atoms. The van der Waals surface area contributed by atoms with Crippen LogP contribution in [0.5, 0.6) is 0 Å². The van der Waals surface area contributed by atoms with Crippen LogP contribution in [0.15, 0.2) is 11.6 Å². The second-order valence-corrected chi connectivity index (χ2v) is 2.27. The number of nitrogens with zero attached hydrogens (tertiary/aromatic N) is 1. The molecule has 3 heteroatoms. The molecule has 50 valence electrons. The highest BCUT2D eigenvalue weighted by Crippen LogP contribution is 2.06. The van der Waals surface area contributed by atoms with Crippen LogP contribution in [0.1, 0.15) is 13.3 Å². The average molecular weight is 126 g/mol. The Morgan fingerprint density at radius 3 is 2.89 bits per heavy atom. The van der Waals surface area contributed by atoms with Crippen LogP contribution >= 0.6 is 0 Å². The first-order chi connectivity index (χ1) is 4.20. The Balaban J connectivity index is 2.70. The summed E-state index contributed by atoms with van der Waals surface area (Å²) in [4.78, 5) is 10.7. The molecule has 0 bridgehead atoms. The van der Waals surface area contributed by atoms with Crippen LogP contribution in [0.2, 0.25) is 0 Å². The number of carbonyl (C=O) groups is 1. The van der Waals surface area contributed by atoms with Crippen LogP contribution in [0, 0.1) is 0 Å². The summed E-state index contributed by atoms with van der Waals surface area (Å²) in [5, 5.41) is 1.23. The zero-order valence-corrected chi connectivity index (χ0v) is 5.42. The molecule has 0 aromatic rings. The number of rotatable bonds is 0. The van der Waals surface area contributed by atoms with Crippen molar-refractivity contribution in [2.24, 2.45) is 5.84 Å². The summed E-state index contributed by atoms with van der Waals surface area (Å²) >= 11 is 0. The van der Waals surface area contributed by atoms with Crippen LogP contribution in [-0.2, 0) is 4.79 Å². The number of hydrogen-bond acceptors (Lipinski definition) is 2. The monoisotopic (exact) mass is 126 g/mol. The van der Waals surface area contributed by atoms with E-state index in [2.05, 4.69) is 0 Å². The molecule has 0 aromatic carbocycles. The Hall–Kier alpha value is -0.830. The molecule has 1 aliphatic heterocycles. The van der Waals surface area contributed by atoms with Gasteiger partial charge in [0.1, 0.15) is 0 Å². The van der Waals surface area contributed by atoms with Gasteiger partial charge < -0.3 is 0 Å². The lowest BCUT2D eigenvalue weighted by Crippen LogP contribution is -2.39. The first-order valence-corrected chi connectivity index (χ1v) is 2.93. The highest BCUT2D eigenvalue weighted by molar-refractivity contribution is 5.88. The smallest absolute Gasteiger partial charge is 0.260 e. The fraction of sp³-hybridized carbons (Fsp3) is 0.500. The van der Waals surface area contributed by atoms with Crippen molar-refractivity contribution in [3.63, 3.8) is 0 Å². The molecule has 3 nitrogen and oxygen atoms in total. The molecule has 1 rings (SSSR count). The van der Waals surface area contributed by atoms with Gasteiger partial charge in [0, 0.05) is 12.6 Å². The molecular weight excluding hydrogens is 116 g/mol. The van der Waals surface area contributed by atoms with Gasteiger partial charge in [-0.15, -0.1) is 0 Å². The molecule has 0 radical (unpaired) electrons. The molecule has 0 saturated carbocycles. The lowest BCUT2D eigenvalue weighted by Gasteiger charge is -2.19. The van der Waals surface area contributed by atoms with E-state index in [1.165, 1.54) is 5.01 Å². The average Bonchev–Trinajstić information content (AvgIpc) is 1.80. The Morgan fingerprint density at radius 1 is 1.78 bits per heavy atom. The molecule has 9 heavy (non-hydrogen) atoms. The van der Waals surface area contributed by atoms with Crippen molar-refractivity contribution in [2.75, 3.05) is 6.54 Å². The maximum absolute atomic E-state index is 10.7. The molecule has 1 aliphatic rings. The Labute approximate surface area is 54.1 Å². The van der Waals surface area contributed by atoms with Crippen molar-refractivity contribution < 1.29 is 4.79 Å². The van der Waals surface area contributed by atoms with E-state index in [1.54, 1.807) is 6.08 Å². The summed E-state index contributed by atoms with van der Waals surface area (Å²) in [6.45, 7) is 2.59. The van der Waals surface area contributed by atoms with Gasteiger partial charge in [-0.25, -0.2) is 5.84 Å². The maximum Gasteiger partial charge on any atom is 0.260 e. The van der Waals surface area contributed by atoms with Crippen molar-refractivity contribution >= 4 is 5.91 Å². The standard InChI is InChI=1S/C6H10N2O/c1-5-2-3-8(7)6(9)4-5/h4H,2-3,7H2,1H3. The summed E-state index contributed by atoms with van der Waals surface area (Å²) in [5.41, 5.74) is 1.11. The van der Waals surface area contributed by atoms with Gasteiger partial charge in [-0.05, 0) is 13.3 Å². The Kier molecular flexibility index (Phi) is 1.53. The third kappa shape index (κ3) is 1.29. The Bertz CT molecular complexity index is 162. The van der Waals surface area contributed by atoms with Crippen LogP contribution in [-0.4, -0.2) is 17.5 Å². The predicted molar refractivity (Wildman–Crippen MR) is 34.3 cm³/mol. The van der Waals surface area contributed by atoms with E-state index in [-0.39, 0.29) is 5.91 Å². The summed E-state index contributed by atoms with van der Waals surface area (Å²) in [7, 11) is 0. The molecule has 2 N–H and O–H groups in total. The van der Waals surface area contributed by atoms with Crippen molar-refractivity contribution in [1.82, 2.24) is 5.01 Å². The maximum atomic E-state index is 10.7. The molecule has 0 aromatic heterocycles. The highest BCUT2D eigenvalue weighted by atomic mass is 16.2. The molecule has 0 aliphatic carbocycles. The molecule has 0 saturated heterocycles. The van der Waals surface area contributed by atoms with Gasteiger partial charge in [-0.2, -0.15) is 0 Å². The van der Waals surface area contributed by atoms with Crippen molar-refractivity contribution in [3.05, 3.63) is 11.6 Å². The quantitative estimate of drug-likeness (QED) is 0.368. The molecule has 1 amide bonds. The van der Waals surface area contributed by atoms with Gasteiger partial charge in [0.2, 0.25) is 0 Å². The first kappa shape index (κ1) is 6.29. The minimum Gasteiger partial charge on any atom is -0.277 e. The lowest BCUT2D eigenvalue weighted by atomic mass is 10.1. The molecular formula is C6H10N2O. The zero-order valence-electron chi connectivity index (χ0n) is 5.42. The number of amides is 1. The van der Waals surface area contributed by atoms with Crippen LogP contribution in [0.3, 0.4) is 0 Å². The highest BCUT2D eigenvalue weighted by Gasteiger charge is 2.11. The van der Waals surface area contributed by atoms with Crippen LogP contribution < -0.4 is 5.84 Å². The van der Waals surface area contributed by atoms with Gasteiger partial charge in [0.15, 0.2) is 0 Å². The molecule has 0 unspecified atom stereocenters. The normalized spacial score (nSPS) is 20.0. The van der Waals surface area contributed by atoms with E-state index in [1.807, 2.05) is 6.92 Å². The molecule has 0 atom stereocenters. The third-order valence-electron chi connectivity index (χ3n) is 1.40. The van der Waals surface area contributed by atoms with E-state index in [0.717, 1.165) is 12.0 Å².